The topological polar surface area (TPSA) is 77.2 Å². The summed E-state index contributed by atoms with van der Waals surface area (Å²) in [5, 5.41) is 0. The molecule has 0 aromatic carbocycles. The average Bonchev–Trinajstić information content (AvgIpc) is 3.07. The first kappa shape index (κ1) is 16.7. The predicted molar refractivity (Wildman–Crippen MR) is 97.7 cm³/mol. The van der Waals surface area contributed by atoms with Crippen LogP contribution in [0.25, 0.3) is 22.5 Å². The first-order valence-electron chi connectivity index (χ1n) is 8.70. The molecule has 0 saturated carbocycles. The molecule has 1 aliphatic rings. The molecule has 7 heteroatoms. The number of aromatic nitrogens is 4. The number of rotatable bonds is 3. The fourth-order valence-electron chi connectivity index (χ4n) is 3.33. The van der Waals surface area contributed by atoms with Crippen LogP contribution in [-0.2, 0) is 4.74 Å². The summed E-state index contributed by atoms with van der Waals surface area (Å²) in [5.74, 6) is 1.50. The van der Waals surface area contributed by atoms with Gasteiger partial charge in [0, 0.05) is 42.8 Å². The van der Waals surface area contributed by atoms with E-state index in [2.05, 4.69) is 33.7 Å². The lowest BCUT2D eigenvalue weighted by Gasteiger charge is -2.35. The number of furan rings is 1. The molecule has 2 atom stereocenters. The molecular weight excluding hydrogens is 330 g/mol. The maximum absolute atomic E-state index is 5.82. The van der Waals surface area contributed by atoms with Gasteiger partial charge in [0.25, 0.3) is 0 Å². The molecule has 0 bridgehead atoms. The fourth-order valence-corrected chi connectivity index (χ4v) is 3.33. The van der Waals surface area contributed by atoms with Crippen LogP contribution in [0, 0.1) is 6.92 Å². The number of ether oxygens (including phenoxy) is 1. The van der Waals surface area contributed by atoms with Crippen molar-refractivity contribution in [2.24, 2.45) is 0 Å². The zero-order valence-corrected chi connectivity index (χ0v) is 15.1. The smallest absolute Gasteiger partial charge is 0.226 e. The zero-order chi connectivity index (χ0) is 18.1. The van der Waals surface area contributed by atoms with Crippen molar-refractivity contribution in [2.45, 2.75) is 33.0 Å². The molecule has 1 saturated heterocycles. The summed E-state index contributed by atoms with van der Waals surface area (Å²) in [4.78, 5) is 20.2. The Kier molecular flexibility index (Phi) is 4.38. The predicted octanol–water partition coefficient (Wildman–Crippen LogP) is 3.12. The quantitative estimate of drug-likeness (QED) is 0.717. The van der Waals surface area contributed by atoms with E-state index in [0.717, 1.165) is 41.4 Å². The molecular formula is C19H21N5O2. The highest BCUT2D eigenvalue weighted by molar-refractivity contribution is 5.79. The third kappa shape index (κ3) is 3.17. The standard InChI is InChI=1S/C19H21N5O2/c1-12-10-24(11-13(2)26-12)19-22-8-16(17-9-20-5-6-21-17)18(23-19)15-4-7-25-14(15)3/h4-9,12-13H,10-11H2,1-3H3. The Morgan fingerprint density at radius 3 is 2.50 bits per heavy atom. The highest BCUT2D eigenvalue weighted by Gasteiger charge is 2.25. The van der Waals surface area contributed by atoms with Crippen molar-refractivity contribution in [2.75, 3.05) is 18.0 Å². The van der Waals surface area contributed by atoms with Crippen LogP contribution in [0.4, 0.5) is 5.95 Å². The van der Waals surface area contributed by atoms with E-state index in [1.807, 2.05) is 19.2 Å². The van der Waals surface area contributed by atoms with Crippen LogP contribution in [0.1, 0.15) is 19.6 Å². The summed E-state index contributed by atoms with van der Waals surface area (Å²) >= 11 is 0. The number of hydrogen-bond acceptors (Lipinski definition) is 7. The summed E-state index contributed by atoms with van der Waals surface area (Å²) in [6.07, 6.45) is 8.81. The number of morpholine rings is 1. The van der Waals surface area contributed by atoms with Crippen molar-refractivity contribution in [3.63, 3.8) is 0 Å². The average molecular weight is 351 g/mol. The van der Waals surface area contributed by atoms with Gasteiger partial charge in [-0.3, -0.25) is 9.97 Å². The van der Waals surface area contributed by atoms with E-state index in [9.17, 15) is 0 Å². The Hall–Kier alpha value is -2.80. The van der Waals surface area contributed by atoms with E-state index in [1.54, 1.807) is 24.9 Å². The molecule has 0 amide bonds. The van der Waals surface area contributed by atoms with Crippen molar-refractivity contribution in [1.29, 1.82) is 0 Å². The molecule has 26 heavy (non-hydrogen) atoms. The second kappa shape index (κ2) is 6.84. The molecule has 2 unspecified atom stereocenters. The molecule has 0 spiro atoms. The Bertz CT molecular complexity index is 886. The first-order chi connectivity index (χ1) is 12.6. The van der Waals surface area contributed by atoms with Crippen molar-refractivity contribution < 1.29 is 9.15 Å². The minimum Gasteiger partial charge on any atom is -0.469 e. The van der Waals surface area contributed by atoms with E-state index in [-0.39, 0.29) is 12.2 Å². The van der Waals surface area contributed by atoms with Gasteiger partial charge in [-0.25, -0.2) is 9.97 Å². The molecule has 1 fully saturated rings. The van der Waals surface area contributed by atoms with Gasteiger partial charge in [0.2, 0.25) is 5.95 Å². The monoisotopic (exact) mass is 351 g/mol. The van der Waals surface area contributed by atoms with Gasteiger partial charge in [0.1, 0.15) is 5.76 Å². The lowest BCUT2D eigenvalue weighted by molar-refractivity contribution is -0.00571. The lowest BCUT2D eigenvalue weighted by Crippen LogP contribution is -2.46. The van der Waals surface area contributed by atoms with Gasteiger partial charge in [-0.05, 0) is 26.8 Å². The maximum Gasteiger partial charge on any atom is 0.226 e. The van der Waals surface area contributed by atoms with Gasteiger partial charge in [0.15, 0.2) is 0 Å². The lowest BCUT2D eigenvalue weighted by atomic mass is 10.1. The van der Waals surface area contributed by atoms with Crippen LogP contribution >= 0.6 is 0 Å². The zero-order valence-electron chi connectivity index (χ0n) is 15.1. The van der Waals surface area contributed by atoms with Crippen molar-refractivity contribution >= 4 is 5.95 Å². The third-order valence-electron chi connectivity index (χ3n) is 4.43. The Morgan fingerprint density at radius 2 is 1.85 bits per heavy atom. The third-order valence-corrected chi connectivity index (χ3v) is 4.43. The van der Waals surface area contributed by atoms with Crippen molar-refractivity contribution in [3.05, 3.63) is 42.9 Å². The van der Waals surface area contributed by atoms with Crippen LogP contribution in [0.2, 0.25) is 0 Å². The largest absolute Gasteiger partial charge is 0.469 e. The summed E-state index contributed by atoms with van der Waals surface area (Å²) in [7, 11) is 0. The molecule has 1 aliphatic heterocycles. The summed E-state index contributed by atoms with van der Waals surface area (Å²) in [6.45, 7) is 7.59. The van der Waals surface area contributed by atoms with Gasteiger partial charge >= 0.3 is 0 Å². The SMILES string of the molecule is Cc1occc1-c1nc(N2CC(C)OC(C)C2)ncc1-c1cnccn1. The van der Waals surface area contributed by atoms with Gasteiger partial charge in [-0.2, -0.15) is 0 Å². The minimum atomic E-state index is 0.140. The van der Waals surface area contributed by atoms with E-state index in [1.165, 1.54) is 0 Å². The first-order valence-corrected chi connectivity index (χ1v) is 8.70. The molecule has 3 aromatic rings. The van der Waals surface area contributed by atoms with Crippen LogP contribution in [0.15, 0.2) is 41.5 Å². The van der Waals surface area contributed by atoms with Crippen LogP contribution in [0.5, 0.6) is 0 Å². The molecule has 0 radical (unpaired) electrons. The summed E-state index contributed by atoms with van der Waals surface area (Å²) in [5.41, 5.74) is 3.30. The van der Waals surface area contributed by atoms with Crippen LogP contribution in [-0.4, -0.2) is 45.2 Å². The Labute approximate surface area is 152 Å². The molecule has 134 valence electrons. The van der Waals surface area contributed by atoms with E-state index < -0.39 is 0 Å². The van der Waals surface area contributed by atoms with Gasteiger partial charge in [-0.1, -0.05) is 0 Å². The van der Waals surface area contributed by atoms with Crippen LogP contribution in [0.3, 0.4) is 0 Å². The Morgan fingerprint density at radius 1 is 1.04 bits per heavy atom. The van der Waals surface area contributed by atoms with Crippen LogP contribution < -0.4 is 4.90 Å². The molecule has 4 rings (SSSR count). The summed E-state index contributed by atoms with van der Waals surface area (Å²) < 4.78 is 11.3. The second-order valence-electron chi connectivity index (χ2n) is 6.58. The number of aryl methyl sites for hydroxylation is 1. The highest BCUT2D eigenvalue weighted by atomic mass is 16.5. The Balaban J connectivity index is 1.81. The maximum atomic E-state index is 5.82. The van der Waals surface area contributed by atoms with E-state index in [0.29, 0.717) is 5.95 Å². The second-order valence-corrected chi connectivity index (χ2v) is 6.58. The summed E-state index contributed by atoms with van der Waals surface area (Å²) in [6, 6.07) is 1.92. The molecule has 0 N–H and O–H groups in total. The van der Waals surface area contributed by atoms with Gasteiger partial charge in [0.05, 0.1) is 36.1 Å². The number of nitrogens with zero attached hydrogens (tertiary/aromatic N) is 5. The highest BCUT2D eigenvalue weighted by Crippen LogP contribution is 2.33. The molecule has 4 heterocycles. The van der Waals surface area contributed by atoms with Gasteiger partial charge in [-0.15, -0.1) is 0 Å². The number of anilines is 1. The number of hydrogen-bond donors (Lipinski definition) is 0. The van der Waals surface area contributed by atoms with E-state index >= 15 is 0 Å². The van der Waals surface area contributed by atoms with E-state index in [4.69, 9.17) is 14.1 Å². The van der Waals surface area contributed by atoms with Crippen molar-refractivity contribution in [3.8, 4) is 22.5 Å². The fraction of sp³-hybridized carbons (Fsp3) is 0.368. The minimum absolute atomic E-state index is 0.140. The van der Waals surface area contributed by atoms with Gasteiger partial charge < -0.3 is 14.1 Å². The molecule has 7 nitrogen and oxygen atoms in total. The molecule has 3 aromatic heterocycles. The molecule has 0 aliphatic carbocycles. The normalized spacial score (nSPS) is 20.3. The van der Waals surface area contributed by atoms with Crippen molar-refractivity contribution in [1.82, 2.24) is 19.9 Å².